The molecule has 5 nitrogen and oxygen atoms in total. The molecular formula is C20H19BrN2O3. The Morgan fingerprint density at radius 3 is 2.73 bits per heavy atom. The van der Waals surface area contributed by atoms with Crippen molar-refractivity contribution in [1.82, 2.24) is 0 Å². The van der Waals surface area contributed by atoms with Gasteiger partial charge in [0, 0.05) is 28.5 Å². The van der Waals surface area contributed by atoms with Crippen molar-refractivity contribution in [3.8, 4) is 0 Å². The van der Waals surface area contributed by atoms with E-state index in [2.05, 4.69) is 26.1 Å². The number of hydrogen-bond acceptors (Lipinski definition) is 4. The molecule has 26 heavy (non-hydrogen) atoms. The summed E-state index contributed by atoms with van der Waals surface area (Å²) in [4.78, 5) is 15.1. The van der Waals surface area contributed by atoms with Gasteiger partial charge >= 0.3 is 0 Å². The van der Waals surface area contributed by atoms with Gasteiger partial charge in [0.25, 0.3) is 5.91 Å². The Hall–Kier alpha value is -2.31. The van der Waals surface area contributed by atoms with Gasteiger partial charge in [-0.2, -0.15) is 0 Å². The third-order valence-corrected chi connectivity index (χ3v) is 5.10. The van der Waals surface area contributed by atoms with Gasteiger partial charge in [0.1, 0.15) is 5.58 Å². The second-order valence-corrected chi connectivity index (χ2v) is 7.18. The van der Waals surface area contributed by atoms with E-state index >= 15 is 0 Å². The molecule has 0 atom stereocenters. The number of furan rings is 1. The molecule has 1 saturated heterocycles. The zero-order chi connectivity index (χ0) is 18.1. The summed E-state index contributed by atoms with van der Waals surface area (Å²) in [6.45, 7) is 4.91. The highest BCUT2D eigenvalue weighted by atomic mass is 79.9. The van der Waals surface area contributed by atoms with Crippen LogP contribution in [0.5, 0.6) is 0 Å². The number of carbonyl (C=O) groups excluding carboxylic acids is 1. The summed E-state index contributed by atoms with van der Waals surface area (Å²) >= 11 is 3.46. The van der Waals surface area contributed by atoms with Crippen LogP contribution in [-0.2, 0) is 4.74 Å². The SMILES string of the molecule is Cc1c(C(=O)Nc2ccccc2N2CCOCC2)oc2ccc(Br)cc12. The predicted octanol–water partition coefficient (Wildman–Crippen LogP) is 4.59. The van der Waals surface area contributed by atoms with E-state index in [0.717, 1.165) is 39.9 Å². The van der Waals surface area contributed by atoms with Crippen molar-refractivity contribution in [1.29, 1.82) is 0 Å². The second-order valence-electron chi connectivity index (χ2n) is 6.27. The van der Waals surface area contributed by atoms with Gasteiger partial charge in [-0.05, 0) is 37.3 Å². The summed E-state index contributed by atoms with van der Waals surface area (Å²) in [6.07, 6.45) is 0. The number of nitrogens with zero attached hydrogens (tertiary/aromatic N) is 1. The third kappa shape index (κ3) is 3.22. The summed E-state index contributed by atoms with van der Waals surface area (Å²) in [5.41, 5.74) is 3.32. The van der Waals surface area contributed by atoms with Gasteiger partial charge in [-0.3, -0.25) is 4.79 Å². The lowest BCUT2D eigenvalue weighted by molar-refractivity contribution is 0.0998. The molecule has 0 spiro atoms. The quantitative estimate of drug-likeness (QED) is 0.680. The molecule has 0 aliphatic carbocycles. The van der Waals surface area contributed by atoms with Crippen LogP contribution in [0.2, 0.25) is 0 Å². The molecule has 1 aliphatic heterocycles. The van der Waals surface area contributed by atoms with E-state index in [-0.39, 0.29) is 5.91 Å². The monoisotopic (exact) mass is 414 g/mol. The van der Waals surface area contributed by atoms with Crippen molar-refractivity contribution in [2.45, 2.75) is 6.92 Å². The highest BCUT2D eigenvalue weighted by molar-refractivity contribution is 9.10. The molecule has 134 valence electrons. The van der Waals surface area contributed by atoms with Crippen molar-refractivity contribution in [2.24, 2.45) is 0 Å². The number of fused-ring (bicyclic) bond motifs is 1. The maximum Gasteiger partial charge on any atom is 0.291 e. The Labute approximate surface area is 160 Å². The molecule has 6 heteroatoms. The highest BCUT2D eigenvalue weighted by Crippen LogP contribution is 2.30. The maximum absolute atomic E-state index is 12.9. The van der Waals surface area contributed by atoms with Gasteiger partial charge in [-0.1, -0.05) is 28.1 Å². The van der Waals surface area contributed by atoms with Crippen LogP contribution in [-0.4, -0.2) is 32.2 Å². The second kappa shape index (κ2) is 7.13. The molecule has 2 heterocycles. The summed E-state index contributed by atoms with van der Waals surface area (Å²) in [5.74, 6) is 0.102. The number of benzene rings is 2. The van der Waals surface area contributed by atoms with E-state index in [9.17, 15) is 4.79 Å². The van der Waals surface area contributed by atoms with Crippen LogP contribution in [0.1, 0.15) is 16.1 Å². The number of aryl methyl sites for hydroxylation is 1. The minimum absolute atomic E-state index is 0.240. The average molecular weight is 415 g/mol. The summed E-state index contributed by atoms with van der Waals surface area (Å²) in [6, 6.07) is 13.6. The van der Waals surface area contributed by atoms with Crippen LogP contribution in [0.25, 0.3) is 11.0 Å². The van der Waals surface area contributed by atoms with Crippen molar-refractivity contribution in [3.05, 3.63) is 58.3 Å². The van der Waals surface area contributed by atoms with Crippen LogP contribution in [0.15, 0.2) is 51.4 Å². The van der Waals surface area contributed by atoms with Crippen LogP contribution in [0, 0.1) is 6.92 Å². The molecule has 1 aliphatic rings. The minimum atomic E-state index is -0.240. The Balaban J connectivity index is 1.64. The van der Waals surface area contributed by atoms with E-state index in [1.165, 1.54) is 0 Å². The number of halogens is 1. The Morgan fingerprint density at radius 1 is 1.15 bits per heavy atom. The molecule has 1 aromatic heterocycles. The standard InChI is InChI=1S/C20H19BrN2O3/c1-13-15-12-14(21)6-7-18(15)26-19(13)20(24)22-16-4-2-3-5-17(16)23-8-10-25-11-9-23/h2-7,12H,8-11H2,1H3,(H,22,24). The number of ether oxygens (including phenoxy) is 1. The van der Waals surface area contributed by atoms with Crippen molar-refractivity contribution in [3.63, 3.8) is 0 Å². The smallest absolute Gasteiger partial charge is 0.291 e. The molecule has 1 N–H and O–H groups in total. The number of rotatable bonds is 3. The molecule has 1 amide bonds. The summed E-state index contributed by atoms with van der Waals surface area (Å²) in [5, 5.41) is 3.95. The Morgan fingerprint density at radius 2 is 1.92 bits per heavy atom. The lowest BCUT2D eigenvalue weighted by Gasteiger charge is -2.30. The fraction of sp³-hybridized carbons (Fsp3) is 0.250. The third-order valence-electron chi connectivity index (χ3n) is 4.61. The first-order chi connectivity index (χ1) is 12.6. The number of nitrogens with one attached hydrogen (secondary N) is 1. The largest absolute Gasteiger partial charge is 0.451 e. The molecule has 0 saturated carbocycles. The summed E-state index contributed by atoms with van der Waals surface area (Å²) in [7, 11) is 0. The maximum atomic E-state index is 12.9. The minimum Gasteiger partial charge on any atom is -0.451 e. The van der Waals surface area contributed by atoms with Gasteiger partial charge in [-0.15, -0.1) is 0 Å². The van der Waals surface area contributed by atoms with Crippen molar-refractivity contribution >= 4 is 44.2 Å². The molecular weight excluding hydrogens is 396 g/mol. The normalized spacial score (nSPS) is 14.6. The lowest BCUT2D eigenvalue weighted by Crippen LogP contribution is -2.36. The fourth-order valence-electron chi connectivity index (χ4n) is 3.25. The van der Waals surface area contributed by atoms with E-state index in [4.69, 9.17) is 9.15 Å². The van der Waals surface area contributed by atoms with E-state index in [0.29, 0.717) is 24.6 Å². The first kappa shape index (κ1) is 17.1. The Bertz CT molecular complexity index is 961. The van der Waals surface area contributed by atoms with Gasteiger partial charge in [-0.25, -0.2) is 0 Å². The van der Waals surface area contributed by atoms with Gasteiger partial charge < -0.3 is 19.4 Å². The fourth-order valence-corrected chi connectivity index (χ4v) is 3.61. The first-order valence-electron chi connectivity index (χ1n) is 8.55. The van der Waals surface area contributed by atoms with Gasteiger partial charge in [0.05, 0.1) is 24.6 Å². The van der Waals surface area contributed by atoms with Gasteiger partial charge in [0.2, 0.25) is 0 Å². The van der Waals surface area contributed by atoms with Crippen molar-refractivity contribution in [2.75, 3.05) is 36.5 Å². The van der Waals surface area contributed by atoms with Crippen LogP contribution in [0.4, 0.5) is 11.4 Å². The number of hydrogen-bond donors (Lipinski definition) is 1. The van der Waals surface area contributed by atoms with E-state index in [1.807, 2.05) is 49.4 Å². The highest BCUT2D eigenvalue weighted by Gasteiger charge is 2.20. The molecule has 0 radical (unpaired) electrons. The Kier molecular flexibility index (Phi) is 4.70. The molecule has 2 aromatic carbocycles. The zero-order valence-electron chi connectivity index (χ0n) is 14.4. The molecule has 3 aromatic rings. The zero-order valence-corrected chi connectivity index (χ0v) is 16.0. The summed E-state index contributed by atoms with van der Waals surface area (Å²) < 4.78 is 12.2. The van der Waals surface area contributed by atoms with Gasteiger partial charge in [0.15, 0.2) is 5.76 Å². The molecule has 4 rings (SSSR count). The molecule has 1 fully saturated rings. The van der Waals surface area contributed by atoms with E-state index < -0.39 is 0 Å². The lowest BCUT2D eigenvalue weighted by atomic mass is 10.1. The van der Waals surface area contributed by atoms with Crippen molar-refractivity contribution < 1.29 is 13.9 Å². The topological polar surface area (TPSA) is 54.7 Å². The number of para-hydroxylation sites is 2. The molecule has 0 bridgehead atoms. The van der Waals surface area contributed by atoms with Crippen LogP contribution >= 0.6 is 15.9 Å². The number of anilines is 2. The van der Waals surface area contributed by atoms with E-state index in [1.54, 1.807) is 0 Å². The van der Waals surface area contributed by atoms with Crippen LogP contribution < -0.4 is 10.2 Å². The predicted molar refractivity (Wildman–Crippen MR) is 106 cm³/mol. The number of morpholine rings is 1. The number of carbonyl (C=O) groups is 1. The molecule has 0 unspecified atom stereocenters. The first-order valence-corrected chi connectivity index (χ1v) is 9.34. The number of amides is 1. The van der Waals surface area contributed by atoms with Crippen LogP contribution in [0.3, 0.4) is 0 Å². The average Bonchev–Trinajstić information content (AvgIpc) is 2.99.